The molecule has 0 saturated carbocycles. The highest BCUT2D eigenvalue weighted by Gasteiger charge is 2.15. The van der Waals surface area contributed by atoms with Crippen molar-refractivity contribution < 1.29 is 23.0 Å². The van der Waals surface area contributed by atoms with Gasteiger partial charge in [-0.2, -0.15) is 8.78 Å². The number of hydrogen-bond acceptors (Lipinski definition) is 3. The smallest absolute Gasteiger partial charge is 0.407 e. The molecule has 4 nitrogen and oxygen atoms in total. The number of alkyl halides is 2. The van der Waals surface area contributed by atoms with Gasteiger partial charge >= 0.3 is 12.7 Å². The van der Waals surface area contributed by atoms with E-state index in [0.717, 1.165) is 5.56 Å². The molecule has 0 aliphatic rings. The van der Waals surface area contributed by atoms with E-state index in [-0.39, 0.29) is 5.75 Å². The summed E-state index contributed by atoms with van der Waals surface area (Å²) >= 11 is 0. The molecule has 0 fully saturated rings. The molecular formula is C16H21F2NO3. The van der Waals surface area contributed by atoms with Gasteiger partial charge in [0.15, 0.2) is 0 Å². The minimum Gasteiger partial charge on any atom is -0.444 e. The van der Waals surface area contributed by atoms with Gasteiger partial charge < -0.3 is 14.8 Å². The first-order valence-corrected chi connectivity index (χ1v) is 6.94. The number of carbonyl (C=O) groups excluding carboxylic acids is 1. The minimum absolute atomic E-state index is 0.115. The molecule has 122 valence electrons. The molecule has 0 aromatic heterocycles. The molecule has 0 saturated heterocycles. The standard InChI is InChI=1S/C16H21F2NO3/c1-16(2,3)22-15(20)19-10-5-4-7-12-8-6-9-13(11-12)21-14(17)18/h4,6-9,11,14H,5,10H2,1-3H3,(H,19,20). The molecular weight excluding hydrogens is 292 g/mol. The maximum atomic E-state index is 12.1. The normalized spacial score (nSPS) is 11.7. The summed E-state index contributed by atoms with van der Waals surface area (Å²) in [5.74, 6) is 0.115. The lowest BCUT2D eigenvalue weighted by Crippen LogP contribution is -2.32. The van der Waals surface area contributed by atoms with Crippen LogP contribution in [-0.4, -0.2) is 24.9 Å². The van der Waals surface area contributed by atoms with Gasteiger partial charge in [0.2, 0.25) is 0 Å². The second kappa shape index (κ2) is 8.36. The average molecular weight is 313 g/mol. The number of nitrogens with one attached hydrogen (secondary N) is 1. The van der Waals surface area contributed by atoms with Crippen LogP contribution in [0.25, 0.3) is 6.08 Å². The highest BCUT2D eigenvalue weighted by molar-refractivity contribution is 5.67. The lowest BCUT2D eigenvalue weighted by atomic mass is 10.2. The van der Waals surface area contributed by atoms with Gasteiger partial charge in [0.05, 0.1) is 0 Å². The second-order valence-electron chi connectivity index (χ2n) is 5.57. The van der Waals surface area contributed by atoms with Crippen molar-refractivity contribution in [1.29, 1.82) is 0 Å². The summed E-state index contributed by atoms with van der Waals surface area (Å²) in [6.07, 6.45) is 3.74. The van der Waals surface area contributed by atoms with Crippen LogP contribution in [0.15, 0.2) is 30.3 Å². The van der Waals surface area contributed by atoms with E-state index in [0.29, 0.717) is 13.0 Å². The summed E-state index contributed by atoms with van der Waals surface area (Å²) in [5.41, 5.74) is 0.223. The van der Waals surface area contributed by atoms with Crippen molar-refractivity contribution in [3.05, 3.63) is 35.9 Å². The molecule has 0 aliphatic carbocycles. The summed E-state index contributed by atoms with van der Waals surface area (Å²) in [6, 6.07) is 6.39. The predicted molar refractivity (Wildman–Crippen MR) is 81.0 cm³/mol. The zero-order valence-corrected chi connectivity index (χ0v) is 12.9. The zero-order chi connectivity index (χ0) is 16.6. The summed E-state index contributed by atoms with van der Waals surface area (Å²) < 4.78 is 33.6. The second-order valence-corrected chi connectivity index (χ2v) is 5.57. The number of amides is 1. The Morgan fingerprint density at radius 2 is 2.09 bits per heavy atom. The number of ether oxygens (including phenoxy) is 2. The van der Waals surface area contributed by atoms with Crippen LogP contribution in [0, 0.1) is 0 Å². The molecule has 1 aromatic carbocycles. The van der Waals surface area contributed by atoms with E-state index in [1.54, 1.807) is 39.0 Å². The highest BCUT2D eigenvalue weighted by Crippen LogP contribution is 2.16. The molecule has 0 spiro atoms. The van der Waals surface area contributed by atoms with Gasteiger partial charge in [-0.05, 0) is 44.9 Å². The monoisotopic (exact) mass is 313 g/mol. The quantitative estimate of drug-likeness (QED) is 0.800. The Labute approximate surface area is 129 Å². The summed E-state index contributed by atoms with van der Waals surface area (Å²) in [6.45, 7) is 2.97. The van der Waals surface area contributed by atoms with E-state index < -0.39 is 18.3 Å². The van der Waals surface area contributed by atoms with Gasteiger partial charge in [-0.3, -0.25) is 0 Å². The lowest BCUT2D eigenvalue weighted by Gasteiger charge is -2.19. The Morgan fingerprint density at radius 1 is 1.36 bits per heavy atom. The fourth-order valence-electron chi connectivity index (χ4n) is 1.59. The van der Waals surface area contributed by atoms with E-state index in [1.165, 1.54) is 12.1 Å². The van der Waals surface area contributed by atoms with Crippen molar-refractivity contribution in [2.24, 2.45) is 0 Å². The topological polar surface area (TPSA) is 47.6 Å². The van der Waals surface area contributed by atoms with E-state index >= 15 is 0 Å². The molecule has 0 bridgehead atoms. The maximum Gasteiger partial charge on any atom is 0.407 e. The summed E-state index contributed by atoms with van der Waals surface area (Å²) in [7, 11) is 0. The number of alkyl carbamates (subject to hydrolysis) is 1. The predicted octanol–water partition coefficient (Wildman–Crippen LogP) is 4.22. The Bertz CT molecular complexity index is 510. The Kier molecular flexibility index (Phi) is 6.82. The van der Waals surface area contributed by atoms with Gasteiger partial charge in [-0.15, -0.1) is 0 Å². The highest BCUT2D eigenvalue weighted by atomic mass is 19.3. The fraction of sp³-hybridized carbons (Fsp3) is 0.438. The van der Waals surface area contributed by atoms with Crippen molar-refractivity contribution in [3.8, 4) is 5.75 Å². The number of rotatable bonds is 6. The number of carbonyl (C=O) groups is 1. The van der Waals surface area contributed by atoms with Crippen LogP contribution in [0.3, 0.4) is 0 Å². The third kappa shape index (κ3) is 8.24. The minimum atomic E-state index is -2.84. The van der Waals surface area contributed by atoms with Crippen molar-refractivity contribution >= 4 is 12.2 Å². The molecule has 1 rings (SSSR count). The Balaban J connectivity index is 2.36. The summed E-state index contributed by atoms with van der Waals surface area (Å²) in [5, 5.41) is 2.63. The largest absolute Gasteiger partial charge is 0.444 e. The fourth-order valence-corrected chi connectivity index (χ4v) is 1.59. The Hall–Kier alpha value is -2.11. The first kappa shape index (κ1) is 17.9. The van der Waals surface area contributed by atoms with Gasteiger partial charge in [0.25, 0.3) is 0 Å². The molecule has 0 radical (unpaired) electrons. The molecule has 1 aromatic rings. The zero-order valence-electron chi connectivity index (χ0n) is 12.9. The lowest BCUT2D eigenvalue weighted by molar-refractivity contribution is -0.0498. The molecule has 1 N–H and O–H groups in total. The van der Waals surface area contributed by atoms with Crippen molar-refractivity contribution in [2.45, 2.75) is 39.4 Å². The van der Waals surface area contributed by atoms with E-state index in [1.807, 2.05) is 6.08 Å². The van der Waals surface area contributed by atoms with E-state index in [4.69, 9.17) is 4.74 Å². The molecule has 1 amide bonds. The van der Waals surface area contributed by atoms with Crippen LogP contribution < -0.4 is 10.1 Å². The molecule has 0 heterocycles. The number of hydrogen-bond donors (Lipinski definition) is 1. The van der Waals surface area contributed by atoms with Crippen LogP contribution in [-0.2, 0) is 4.74 Å². The molecule has 6 heteroatoms. The van der Waals surface area contributed by atoms with E-state index in [9.17, 15) is 13.6 Å². The van der Waals surface area contributed by atoms with Gasteiger partial charge in [-0.25, -0.2) is 4.79 Å². The molecule has 0 aliphatic heterocycles. The maximum absolute atomic E-state index is 12.1. The van der Waals surface area contributed by atoms with Crippen LogP contribution in [0.4, 0.5) is 13.6 Å². The third-order valence-electron chi connectivity index (χ3n) is 2.37. The van der Waals surface area contributed by atoms with Crippen LogP contribution >= 0.6 is 0 Å². The number of halogens is 2. The Morgan fingerprint density at radius 3 is 2.73 bits per heavy atom. The SMILES string of the molecule is CC(C)(C)OC(=O)NCCC=Cc1cccc(OC(F)F)c1. The first-order valence-electron chi connectivity index (χ1n) is 6.94. The average Bonchev–Trinajstić information content (AvgIpc) is 2.35. The summed E-state index contributed by atoms with van der Waals surface area (Å²) in [4.78, 5) is 11.4. The number of benzene rings is 1. The van der Waals surface area contributed by atoms with Gasteiger partial charge in [-0.1, -0.05) is 24.3 Å². The van der Waals surface area contributed by atoms with Crippen molar-refractivity contribution in [3.63, 3.8) is 0 Å². The van der Waals surface area contributed by atoms with Crippen molar-refractivity contribution in [2.75, 3.05) is 6.54 Å². The van der Waals surface area contributed by atoms with E-state index in [2.05, 4.69) is 10.1 Å². The third-order valence-corrected chi connectivity index (χ3v) is 2.37. The van der Waals surface area contributed by atoms with Crippen molar-refractivity contribution in [1.82, 2.24) is 5.32 Å². The van der Waals surface area contributed by atoms with Gasteiger partial charge in [0.1, 0.15) is 11.4 Å². The van der Waals surface area contributed by atoms with Gasteiger partial charge in [0, 0.05) is 6.54 Å². The molecule has 0 unspecified atom stereocenters. The van der Waals surface area contributed by atoms with Crippen LogP contribution in [0.5, 0.6) is 5.75 Å². The van der Waals surface area contributed by atoms with Crippen LogP contribution in [0.2, 0.25) is 0 Å². The first-order chi connectivity index (χ1) is 10.3. The molecule has 22 heavy (non-hydrogen) atoms. The van der Waals surface area contributed by atoms with Crippen LogP contribution in [0.1, 0.15) is 32.8 Å². The molecule has 0 atom stereocenters.